The Labute approximate surface area is 326 Å². The lowest BCUT2D eigenvalue weighted by Gasteiger charge is -2.12. The fourth-order valence-corrected chi connectivity index (χ4v) is 9.75. The van der Waals surface area contributed by atoms with Crippen molar-refractivity contribution in [3.8, 4) is 34.0 Å². The van der Waals surface area contributed by atoms with Crippen molar-refractivity contribution >= 4 is 93.7 Å². The van der Waals surface area contributed by atoms with Gasteiger partial charge < -0.3 is 9.13 Å². The molecule has 0 aliphatic heterocycles. The Morgan fingerprint density at radius 3 is 1.84 bits per heavy atom. The second-order valence-corrected chi connectivity index (χ2v) is 15.0. The van der Waals surface area contributed by atoms with Gasteiger partial charge >= 0.3 is 0 Å². The molecule has 0 amide bonds. The SMILES string of the molecule is C=Nc1sc2c(c1/C=C\C)c1c3ccccc3n(-c3ccccc3)c1c1c3ccccc3n(-c3ccc(-c4nc(-c5ccccc5)c5ccccc5n4)cc3)c21. The van der Waals surface area contributed by atoms with Crippen LogP contribution in [0, 0.1) is 0 Å². The minimum Gasteiger partial charge on any atom is -0.309 e. The third-order valence-corrected chi connectivity index (χ3v) is 12.0. The zero-order chi connectivity index (χ0) is 37.3. The number of thiophene rings is 1. The van der Waals surface area contributed by atoms with Gasteiger partial charge in [0.25, 0.3) is 0 Å². The standard InChI is InChI=1S/C50H33N5S/c1-3-16-38-43-42-36-22-11-14-25-40(36)54(33-19-8-5-9-20-33)46(42)44-37-23-12-15-26-41(37)55(47(44)48(43)56-50(38)51-2)34-29-27-32(28-30-34)49-52-39-24-13-10-21-35(39)45(53-49)31-17-6-4-7-18-31/h3-30H,2H2,1H3/b16-3-. The Bertz CT molecular complexity index is 3370. The molecule has 0 aliphatic rings. The van der Waals surface area contributed by atoms with Crippen LogP contribution in [-0.4, -0.2) is 25.8 Å². The average molecular weight is 736 g/mol. The molecule has 264 valence electrons. The first kappa shape index (κ1) is 32.3. The van der Waals surface area contributed by atoms with Crippen molar-refractivity contribution in [3.63, 3.8) is 0 Å². The van der Waals surface area contributed by atoms with E-state index in [2.05, 4.69) is 179 Å². The molecule has 0 saturated heterocycles. The summed E-state index contributed by atoms with van der Waals surface area (Å²) in [5.41, 5.74) is 11.8. The van der Waals surface area contributed by atoms with Crippen LogP contribution in [-0.2, 0) is 0 Å². The molecule has 56 heavy (non-hydrogen) atoms. The molecule has 0 atom stereocenters. The lowest BCUT2D eigenvalue weighted by molar-refractivity contribution is 1.18. The van der Waals surface area contributed by atoms with E-state index in [4.69, 9.17) is 9.97 Å². The van der Waals surface area contributed by atoms with Gasteiger partial charge in [0.15, 0.2) is 5.82 Å². The molecule has 4 heterocycles. The predicted molar refractivity (Wildman–Crippen MR) is 238 cm³/mol. The quantitative estimate of drug-likeness (QED) is 0.160. The summed E-state index contributed by atoms with van der Waals surface area (Å²) in [5.74, 6) is 0.698. The van der Waals surface area contributed by atoms with Gasteiger partial charge in [0.2, 0.25) is 0 Å². The summed E-state index contributed by atoms with van der Waals surface area (Å²) in [6.45, 7) is 6.12. The smallest absolute Gasteiger partial charge is 0.160 e. The van der Waals surface area contributed by atoms with Gasteiger partial charge in [-0.15, -0.1) is 11.3 Å². The van der Waals surface area contributed by atoms with Crippen LogP contribution in [0.3, 0.4) is 0 Å². The third kappa shape index (κ3) is 4.69. The van der Waals surface area contributed by atoms with Crippen molar-refractivity contribution in [2.24, 2.45) is 4.99 Å². The van der Waals surface area contributed by atoms with E-state index in [1.54, 1.807) is 11.3 Å². The first-order chi connectivity index (χ1) is 27.7. The van der Waals surface area contributed by atoms with Gasteiger partial charge in [0.1, 0.15) is 5.00 Å². The highest BCUT2D eigenvalue weighted by molar-refractivity contribution is 7.24. The van der Waals surface area contributed by atoms with E-state index < -0.39 is 0 Å². The van der Waals surface area contributed by atoms with Crippen molar-refractivity contribution in [1.82, 2.24) is 19.1 Å². The number of benzene rings is 7. The Kier molecular flexibility index (Phi) is 7.34. The molecule has 0 radical (unpaired) electrons. The average Bonchev–Trinajstić information content (AvgIpc) is 3.92. The Morgan fingerprint density at radius 1 is 0.554 bits per heavy atom. The van der Waals surface area contributed by atoms with Crippen LogP contribution >= 0.6 is 11.3 Å². The van der Waals surface area contributed by atoms with Gasteiger partial charge in [-0.05, 0) is 68.2 Å². The normalized spacial score (nSPS) is 12.0. The van der Waals surface area contributed by atoms with E-state index in [9.17, 15) is 0 Å². The van der Waals surface area contributed by atoms with Crippen LogP contribution in [0.15, 0.2) is 169 Å². The van der Waals surface area contributed by atoms with Crippen molar-refractivity contribution < 1.29 is 0 Å². The van der Waals surface area contributed by atoms with Crippen molar-refractivity contribution in [2.45, 2.75) is 6.92 Å². The largest absolute Gasteiger partial charge is 0.309 e. The van der Waals surface area contributed by atoms with Gasteiger partial charge in [-0.2, -0.15) is 0 Å². The van der Waals surface area contributed by atoms with Gasteiger partial charge in [-0.25, -0.2) is 9.97 Å². The van der Waals surface area contributed by atoms with Gasteiger partial charge in [0, 0.05) is 60.4 Å². The Hall–Kier alpha value is -7.15. The number of para-hydroxylation sites is 4. The number of hydrogen-bond acceptors (Lipinski definition) is 4. The number of aromatic nitrogens is 4. The summed E-state index contributed by atoms with van der Waals surface area (Å²) in [6, 6.07) is 55.6. The van der Waals surface area contributed by atoms with E-state index >= 15 is 0 Å². The topological polar surface area (TPSA) is 48.0 Å². The Balaban J connectivity index is 1.24. The zero-order valence-corrected chi connectivity index (χ0v) is 31.3. The highest BCUT2D eigenvalue weighted by Gasteiger charge is 2.27. The molecular weight excluding hydrogens is 703 g/mol. The fraction of sp³-hybridized carbons (Fsp3) is 0.0200. The summed E-state index contributed by atoms with van der Waals surface area (Å²) < 4.78 is 6.07. The molecule has 6 heteroatoms. The first-order valence-corrected chi connectivity index (χ1v) is 19.6. The summed E-state index contributed by atoms with van der Waals surface area (Å²) in [5, 5.41) is 7.99. The maximum atomic E-state index is 5.17. The maximum Gasteiger partial charge on any atom is 0.160 e. The van der Waals surface area contributed by atoms with E-state index in [0.717, 1.165) is 60.7 Å². The number of rotatable bonds is 6. The van der Waals surface area contributed by atoms with E-state index in [-0.39, 0.29) is 0 Å². The number of nitrogens with zero attached hydrogens (tertiary/aromatic N) is 5. The summed E-state index contributed by atoms with van der Waals surface area (Å²) in [4.78, 5) is 14.8. The summed E-state index contributed by atoms with van der Waals surface area (Å²) in [6.07, 6.45) is 4.30. The summed E-state index contributed by atoms with van der Waals surface area (Å²) >= 11 is 1.72. The van der Waals surface area contributed by atoms with Gasteiger partial charge in [0.05, 0.1) is 38.0 Å². The van der Waals surface area contributed by atoms with Crippen LogP contribution in [0.1, 0.15) is 12.5 Å². The molecule has 0 bridgehead atoms. The molecule has 11 rings (SSSR count). The van der Waals surface area contributed by atoms with E-state index in [0.29, 0.717) is 5.82 Å². The first-order valence-electron chi connectivity index (χ1n) is 18.8. The number of aliphatic imine (C=N–C) groups is 1. The van der Waals surface area contributed by atoms with E-state index in [1.807, 2.05) is 18.2 Å². The van der Waals surface area contributed by atoms with Crippen molar-refractivity contribution in [2.75, 3.05) is 0 Å². The molecule has 0 saturated carbocycles. The molecule has 0 N–H and O–H groups in total. The third-order valence-electron chi connectivity index (χ3n) is 10.9. The second-order valence-electron chi connectivity index (χ2n) is 14.0. The number of fused-ring (bicyclic) bond motifs is 11. The predicted octanol–water partition coefficient (Wildman–Crippen LogP) is 13.7. The fourth-order valence-electron chi connectivity index (χ4n) is 8.60. The van der Waals surface area contributed by atoms with Gasteiger partial charge in [-0.3, -0.25) is 4.99 Å². The highest BCUT2D eigenvalue weighted by Crippen LogP contribution is 2.52. The molecule has 4 aromatic heterocycles. The molecule has 7 aromatic carbocycles. The lowest BCUT2D eigenvalue weighted by atomic mass is 10.0. The molecule has 0 unspecified atom stereocenters. The van der Waals surface area contributed by atoms with Crippen LogP contribution in [0.2, 0.25) is 0 Å². The van der Waals surface area contributed by atoms with Crippen molar-refractivity contribution in [3.05, 3.63) is 169 Å². The number of hydrogen-bond donors (Lipinski definition) is 0. The molecule has 5 nitrogen and oxygen atoms in total. The van der Waals surface area contributed by atoms with Crippen LogP contribution in [0.4, 0.5) is 5.00 Å². The van der Waals surface area contributed by atoms with Crippen LogP contribution < -0.4 is 0 Å². The molecule has 0 aliphatic carbocycles. The van der Waals surface area contributed by atoms with Crippen LogP contribution in [0.25, 0.3) is 105 Å². The van der Waals surface area contributed by atoms with Gasteiger partial charge in [-0.1, -0.05) is 115 Å². The molecule has 11 aromatic rings. The molecule has 0 spiro atoms. The summed E-state index contributed by atoms with van der Waals surface area (Å²) in [7, 11) is 0. The molecule has 0 fully saturated rings. The second kappa shape index (κ2) is 12.7. The zero-order valence-electron chi connectivity index (χ0n) is 30.5. The minimum atomic E-state index is 0.698. The minimum absolute atomic E-state index is 0.698. The van der Waals surface area contributed by atoms with Crippen molar-refractivity contribution in [1.29, 1.82) is 0 Å². The molecular formula is C50H33N5S. The number of allylic oxidation sites excluding steroid dienone is 1. The lowest BCUT2D eigenvalue weighted by Crippen LogP contribution is -1.97. The highest BCUT2D eigenvalue weighted by atomic mass is 32.1. The monoisotopic (exact) mass is 735 g/mol. The maximum absolute atomic E-state index is 5.17. The Morgan fingerprint density at radius 2 is 1.14 bits per heavy atom. The van der Waals surface area contributed by atoms with Crippen LogP contribution in [0.5, 0.6) is 0 Å². The van der Waals surface area contributed by atoms with E-state index in [1.165, 1.54) is 42.7 Å².